The Kier molecular flexibility index (Phi) is 4.38. The molecule has 106 valence electrons. The summed E-state index contributed by atoms with van der Waals surface area (Å²) in [6.07, 6.45) is 15.0. The lowest BCUT2D eigenvalue weighted by Gasteiger charge is -2.15. The average Bonchev–Trinajstić information content (AvgIpc) is 2.99. The molecule has 1 N–H and O–H groups in total. The normalized spacial score (nSPS) is 25.4. The molecule has 0 aromatic carbocycles. The molecule has 2 fully saturated rings. The molecular weight excluding hydrogens is 238 g/mol. The number of hydrogen-bond acceptors (Lipinski definition) is 3. The largest absolute Gasteiger partial charge is 0.380 e. The van der Waals surface area contributed by atoms with Gasteiger partial charge in [-0.05, 0) is 25.7 Å². The number of nitrogens with zero attached hydrogens (tertiary/aromatic N) is 2. The fraction of sp³-hybridized carbons (Fsp3) is 0.800. The van der Waals surface area contributed by atoms with E-state index < -0.39 is 0 Å². The summed E-state index contributed by atoms with van der Waals surface area (Å²) < 4.78 is 7.67. The molecule has 1 saturated carbocycles. The van der Waals surface area contributed by atoms with Crippen LogP contribution in [0.1, 0.15) is 51.4 Å². The molecule has 1 aromatic heterocycles. The van der Waals surface area contributed by atoms with E-state index >= 15 is 0 Å². The van der Waals surface area contributed by atoms with Crippen molar-refractivity contribution < 1.29 is 4.74 Å². The molecule has 2 aliphatic rings. The van der Waals surface area contributed by atoms with Gasteiger partial charge in [0, 0.05) is 18.8 Å². The van der Waals surface area contributed by atoms with E-state index in [2.05, 4.69) is 16.6 Å². The quantitative estimate of drug-likeness (QED) is 0.848. The van der Waals surface area contributed by atoms with Crippen molar-refractivity contribution in [1.82, 2.24) is 9.78 Å². The van der Waals surface area contributed by atoms with Crippen LogP contribution in [0.15, 0.2) is 12.4 Å². The van der Waals surface area contributed by atoms with E-state index in [4.69, 9.17) is 4.74 Å². The smallest absolute Gasteiger partial charge is 0.0771 e. The highest BCUT2D eigenvalue weighted by molar-refractivity contribution is 5.39. The van der Waals surface area contributed by atoms with Gasteiger partial charge in [-0.1, -0.05) is 25.7 Å². The first-order valence-electron chi connectivity index (χ1n) is 7.81. The Labute approximate surface area is 115 Å². The van der Waals surface area contributed by atoms with Crippen LogP contribution in [-0.4, -0.2) is 28.5 Å². The van der Waals surface area contributed by atoms with Gasteiger partial charge in [-0.25, -0.2) is 0 Å². The first-order valence-corrected chi connectivity index (χ1v) is 7.81. The van der Waals surface area contributed by atoms with Crippen molar-refractivity contribution in [1.29, 1.82) is 0 Å². The van der Waals surface area contributed by atoms with Crippen molar-refractivity contribution in [2.45, 2.75) is 70.1 Å². The number of hydrogen-bond donors (Lipinski definition) is 1. The number of nitrogens with one attached hydrogen (secondary N) is 1. The Hall–Kier alpha value is -1.03. The minimum Gasteiger partial charge on any atom is -0.380 e. The summed E-state index contributed by atoms with van der Waals surface area (Å²) in [6, 6.07) is 0.642. The molecule has 1 saturated heterocycles. The van der Waals surface area contributed by atoms with Crippen molar-refractivity contribution in [2.24, 2.45) is 0 Å². The molecule has 3 rings (SSSR count). The number of rotatable bonds is 4. The lowest BCUT2D eigenvalue weighted by molar-refractivity contribution is 0.0940. The van der Waals surface area contributed by atoms with Crippen LogP contribution >= 0.6 is 0 Å². The van der Waals surface area contributed by atoms with E-state index in [0.717, 1.165) is 13.2 Å². The third-order valence-electron chi connectivity index (χ3n) is 4.27. The van der Waals surface area contributed by atoms with Crippen LogP contribution < -0.4 is 5.32 Å². The van der Waals surface area contributed by atoms with Crippen LogP contribution in [0, 0.1) is 0 Å². The second kappa shape index (κ2) is 6.42. The summed E-state index contributed by atoms with van der Waals surface area (Å²) in [5.74, 6) is 0. The van der Waals surface area contributed by atoms with E-state index in [-0.39, 0.29) is 0 Å². The van der Waals surface area contributed by atoms with E-state index in [1.165, 1.54) is 57.1 Å². The van der Waals surface area contributed by atoms with Crippen LogP contribution in [0.3, 0.4) is 0 Å². The van der Waals surface area contributed by atoms with Crippen LogP contribution in [0.5, 0.6) is 0 Å². The summed E-state index contributed by atoms with van der Waals surface area (Å²) in [7, 11) is 0. The fourth-order valence-corrected chi connectivity index (χ4v) is 3.19. The zero-order valence-corrected chi connectivity index (χ0v) is 11.7. The predicted molar refractivity (Wildman–Crippen MR) is 76.3 cm³/mol. The highest BCUT2D eigenvalue weighted by Crippen LogP contribution is 2.21. The van der Waals surface area contributed by atoms with Gasteiger partial charge in [-0.3, -0.25) is 4.68 Å². The maximum absolute atomic E-state index is 5.65. The van der Waals surface area contributed by atoms with Gasteiger partial charge in [0.15, 0.2) is 0 Å². The van der Waals surface area contributed by atoms with E-state index in [9.17, 15) is 0 Å². The standard InChI is InChI=1S/C15H25N3O/c1-2-4-7-13(6-3-1)17-14-10-16-18(11-14)12-15-8-5-9-19-15/h10-11,13,15,17H,1-9,12H2. The lowest BCUT2D eigenvalue weighted by atomic mass is 10.1. The summed E-state index contributed by atoms with van der Waals surface area (Å²) >= 11 is 0. The molecule has 1 aliphatic carbocycles. The Morgan fingerprint density at radius 2 is 2.00 bits per heavy atom. The molecular formula is C15H25N3O. The van der Waals surface area contributed by atoms with Crippen molar-refractivity contribution in [3.63, 3.8) is 0 Å². The summed E-state index contributed by atoms with van der Waals surface area (Å²) in [6.45, 7) is 1.81. The van der Waals surface area contributed by atoms with Gasteiger partial charge in [0.1, 0.15) is 0 Å². The summed E-state index contributed by atoms with van der Waals surface area (Å²) in [4.78, 5) is 0. The second-order valence-corrected chi connectivity index (χ2v) is 5.92. The maximum Gasteiger partial charge on any atom is 0.0771 e. The molecule has 1 aliphatic heterocycles. The Morgan fingerprint density at radius 1 is 1.16 bits per heavy atom. The van der Waals surface area contributed by atoms with E-state index in [1.54, 1.807) is 0 Å². The zero-order valence-electron chi connectivity index (χ0n) is 11.7. The van der Waals surface area contributed by atoms with Gasteiger partial charge in [-0.2, -0.15) is 5.10 Å². The molecule has 0 spiro atoms. The summed E-state index contributed by atoms with van der Waals surface area (Å²) in [5, 5.41) is 8.08. The van der Waals surface area contributed by atoms with Crippen LogP contribution in [0.25, 0.3) is 0 Å². The van der Waals surface area contributed by atoms with Gasteiger partial charge >= 0.3 is 0 Å². The van der Waals surface area contributed by atoms with E-state index in [0.29, 0.717) is 12.1 Å². The first-order chi connectivity index (χ1) is 9.40. The Morgan fingerprint density at radius 3 is 2.74 bits per heavy atom. The minimum absolute atomic E-state index is 0.366. The van der Waals surface area contributed by atoms with Crippen LogP contribution in [0.4, 0.5) is 5.69 Å². The SMILES string of the molecule is c1nn(CC2CCCO2)cc1NC1CCCCCC1. The number of anilines is 1. The third kappa shape index (κ3) is 3.72. The topological polar surface area (TPSA) is 39.1 Å². The van der Waals surface area contributed by atoms with Gasteiger partial charge < -0.3 is 10.1 Å². The molecule has 2 heterocycles. The molecule has 19 heavy (non-hydrogen) atoms. The molecule has 1 aromatic rings. The lowest BCUT2D eigenvalue weighted by Crippen LogP contribution is -2.18. The van der Waals surface area contributed by atoms with Crippen molar-refractivity contribution in [3.05, 3.63) is 12.4 Å². The highest BCUT2D eigenvalue weighted by atomic mass is 16.5. The zero-order chi connectivity index (χ0) is 12.9. The molecule has 4 nitrogen and oxygen atoms in total. The van der Waals surface area contributed by atoms with E-state index in [1.807, 2.05) is 10.9 Å². The molecule has 1 unspecified atom stereocenters. The third-order valence-corrected chi connectivity index (χ3v) is 4.27. The minimum atomic E-state index is 0.366. The van der Waals surface area contributed by atoms with Crippen LogP contribution in [-0.2, 0) is 11.3 Å². The predicted octanol–water partition coefficient (Wildman–Crippen LogP) is 3.20. The van der Waals surface area contributed by atoms with Crippen molar-refractivity contribution in [2.75, 3.05) is 11.9 Å². The Balaban J connectivity index is 1.51. The number of ether oxygens (including phenoxy) is 1. The monoisotopic (exact) mass is 263 g/mol. The average molecular weight is 263 g/mol. The van der Waals surface area contributed by atoms with Gasteiger partial charge in [0.05, 0.1) is 24.5 Å². The molecule has 0 bridgehead atoms. The van der Waals surface area contributed by atoms with Crippen molar-refractivity contribution >= 4 is 5.69 Å². The van der Waals surface area contributed by atoms with Gasteiger partial charge in [-0.15, -0.1) is 0 Å². The van der Waals surface area contributed by atoms with Crippen LogP contribution in [0.2, 0.25) is 0 Å². The highest BCUT2D eigenvalue weighted by Gasteiger charge is 2.17. The van der Waals surface area contributed by atoms with Gasteiger partial charge in [0.25, 0.3) is 0 Å². The number of aromatic nitrogens is 2. The Bertz CT molecular complexity index is 376. The first kappa shape index (κ1) is 13.0. The molecule has 4 heteroatoms. The van der Waals surface area contributed by atoms with Crippen molar-refractivity contribution in [3.8, 4) is 0 Å². The second-order valence-electron chi connectivity index (χ2n) is 5.92. The maximum atomic E-state index is 5.65. The molecule has 1 atom stereocenters. The fourth-order valence-electron chi connectivity index (χ4n) is 3.19. The van der Waals surface area contributed by atoms with Gasteiger partial charge in [0.2, 0.25) is 0 Å². The molecule has 0 amide bonds. The summed E-state index contributed by atoms with van der Waals surface area (Å²) in [5.41, 5.74) is 1.17. The molecule has 0 radical (unpaired) electrons.